The van der Waals surface area contributed by atoms with Gasteiger partial charge in [-0.25, -0.2) is 0 Å². The number of rotatable bonds is 3. The van der Waals surface area contributed by atoms with Crippen molar-refractivity contribution in [3.63, 3.8) is 0 Å². The number of hydrogen-bond acceptors (Lipinski definition) is 3. The van der Waals surface area contributed by atoms with Gasteiger partial charge in [0.05, 0.1) is 11.4 Å². The highest BCUT2D eigenvalue weighted by atomic mass is 16.2. The molecule has 1 aliphatic carbocycles. The standard InChI is InChI=1S/C15H21N3O/c1-18(2)15(19)11-8-9-13(16)14(10-11)17-12-6-4-3-5-7-12/h3-4,8-10,12,17H,5-7,16H2,1-2H3. The summed E-state index contributed by atoms with van der Waals surface area (Å²) in [6.07, 6.45) is 7.58. The summed E-state index contributed by atoms with van der Waals surface area (Å²) in [5.74, 6) is -0.00779. The third-order valence-corrected chi connectivity index (χ3v) is 3.34. The van der Waals surface area contributed by atoms with Crippen molar-refractivity contribution >= 4 is 17.3 Å². The fraction of sp³-hybridized carbons (Fsp3) is 0.400. The maximum absolute atomic E-state index is 11.9. The second kappa shape index (κ2) is 5.78. The number of amides is 1. The summed E-state index contributed by atoms with van der Waals surface area (Å²) in [5, 5.41) is 3.44. The van der Waals surface area contributed by atoms with Gasteiger partial charge in [-0.05, 0) is 37.5 Å². The van der Waals surface area contributed by atoms with Gasteiger partial charge >= 0.3 is 0 Å². The summed E-state index contributed by atoms with van der Waals surface area (Å²) >= 11 is 0. The van der Waals surface area contributed by atoms with Gasteiger partial charge in [0.15, 0.2) is 0 Å². The number of carbonyl (C=O) groups excluding carboxylic acids is 1. The molecule has 1 aromatic carbocycles. The van der Waals surface area contributed by atoms with Crippen LogP contribution >= 0.6 is 0 Å². The van der Waals surface area contributed by atoms with E-state index in [1.807, 2.05) is 6.07 Å². The molecule has 0 aromatic heterocycles. The predicted molar refractivity (Wildman–Crippen MR) is 79.3 cm³/mol. The van der Waals surface area contributed by atoms with Crippen LogP contribution in [0.5, 0.6) is 0 Å². The van der Waals surface area contributed by atoms with E-state index >= 15 is 0 Å². The molecule has 4 nitrogen and oxygen atoms in total. The van der Waals surface area contributed by atoms with E-state index in [2.05, 4.69) is 17.5 Å². The van der Waals surface area contributed by atoms with Gasteiger partial charge in [0.1, 0.15) is 0 Å². The van der Waals surface area contributed by atoms with Crippen LogP contribution in [0.25, 0.3) is 0 Å². The molecule has 0 radical (unpaired) electrons. The van der Waals surface area contributed by atoms with Crippen molar-refractivity contribution in [2.24, 2.45) is 0 Å². The SMILES string of the molecule is CN(C)C(=O)c1ccc(N)c(NC2CC=CCC2)c1. The Labute approximate surface area is 114 Å². The molecule has 1 aromatic rings. The predicted octanol–water partition coefficient (Wildman–Crippen LogP) is 2.49. The van der Waals surface area contributed by atoms with E-state index in [1.165, 1.54) is 0 Å². The van der Waals surface area contributed by atoms with Crippen LogP contribution in [0.1, 0.15) is 29.6 Å². The van der Waals surface area contributed by atoms with Gasteiger partial charge < -0.3 is 16.0 Å². The molecule has 1 aliphatic rings. The molecule has 1 unspecified atom stereocenters. The van der Waals surface area contributed by atoms with Crippen molar-refractivity contribution in [2.45, 2.75) is 25.3 Å². The van der Waals surface area contributed by atoms with Gasteiger partial charge in [-0.1, -0.05) is 12.2 Å². The van der Waals surface area contributed by atoms with E-state index in [0.29, 0.717) is 17.3 Å². The molecule has 0 saturated heterocycles. The third kappa shape index (κ3) is 3.28. The minimum Gasteiger partial charge on any atom is -0.397 e. The van der Waals surface area contributed by atoms with Crippen LogP contribution in [0, 0.1) is 0 Å². The zero-order valence-corrected chi connectivity index (χ0v) is 11.5. The van der Waals surface area contributed by atoms with E-state index in [4.69, 9.17) is 5.73 Å². The fourth-order valence-electron chi connectivity index (χ4n) is 2.22. The number of nitrogens with two attached hydrogens (primary N) is 1. The second-order valence-electron chi connectivity index (χ2n) is 5.13. The van der Waals surface area contributed by atoms with Crippen molar-refractivity contribution in [1.82, 2.24) is 4.90 Å². The molecule has 0 fully saturated rings. The number of nitrogen functional groups attached to an aromatic ring is 1. The molecule has 0 spiro atoms. The maximum Gasteiger partial charge on any atom is 0.253 e. The number of nitrogens with zero attached hydrogens (tertiary/aromatic N) is 1. The Balaban J connectivity index is 2.17. The Kier molecular flexibility index (Phi) is 4.10. The van der Waals surface area contributed by atoms with E-state index in [9.17, 15) is 4.79 Å². The van der Waals surface area contributed by atoms with Gasteiger partial charge in [0, 0.05) is 25.7 Å². The lowest BCUT2D eigenvalue weighted by Crippen LogP contribution is -2.23. The summed E-state index contributed by atoms with van der Waals surface area (Å²) in [7, 11) is 3.50. The van der Waals surface area contributed by atoms with Crippen molar-refractivity contribution in [1.29, 1.82) is 0 Å². The summed E-state index contributed by atoms with van der Waals surface area (Å²) < 4.78 is 0. The minimum absolute atomic E-state index is 0.00779. The molecule has 1 atom stereocenters. The summed E-state index contributed by atoms with van der Waals surface area (Å²) in [6, 6.07) is 5.80. The minimum atomic E-state index is -0.00779. The van der Waals surface area contributed by atoms with Crippen LogP contribution in [0.4, 0.5) is 11.4 Å². The molecule has 0 aliphatic heterocycles. The van der Waals surface area contributed by atoms with E-state index in [1.54, 1.807) is 31.1 Å². The van der Waals surface area contributed by atoms with Gasteiger partial charge in [0.2, 0.25) is 0 Å². The van der Waals surface area contributed by atoms with Gasteiger partial charge in [-0.3, -0.25) is 4.79 Å². The van der Waals surface area contributed by atoms with Crippen LogP contribution in [0.3, 0.4) is 0 Å². The molecule has 2 rings (SSSR count). The van der Waals surface area contributed by atoms with Crippen LogP contribution in [0.15, 0.2) is 30.4 Å². The smallest absolute Gasteiger partial charge is 0.253 e. The van der Waals surface area contributed by atoms with Crippen LogP contribution in [0.2, 0.25) is 0 Å². The average molecular weight is 259 g/mol. The first-order valence-electron chi connectivity index (χ1n) is 6.60. The zero-order chi connectivity index (χ0) is 13.8. The van der Waals surface area contributed by atoms with Gasteiger partial charge in [-0.15, -0.1) is 0 Å². The lowest BCUT2D eigenvalue weighted by molar-refractivity contribution is 0.0827. The number of anilines is 2. The fourth-order valence-corrected chi connectivity index (χ4v) is 2.22. The third-order valence-electron chi connectivity index (χ3n) is 3.34. The monoisotopic (exact) mass is 259 g/mol. The quantitative estimate of drug-likeness (QED) is 0.647. The molecule has 3 N–H and O–H groups in total. The normalized spacial score (nSPS) is 18.1. The van der Waals surface area contributed by atoms with E-state index in [-0.39, 0.29) is 5.91 Å². The molecule has 0 bridgehead atoms. The highest BCUT2D eigenvalue weighted by molar-refractivity contribution is 5.95. The second-order valence-corrected chi connectivity index (χ2v) is 5.13. The highest BCUT2D eigenvalue weighted by Crippen LogP contribution is 2.24. The molecule has 0 heterocycles. The Morgan fingerprint density at radius 1 is 1.37 bits per heavy atom. The van der Waals surface area contributed by atoms with Crippen molar-refractivity contribution < 1.29 is 4.79 Å². The number of benzene rings is 1. The molecule has 0 saturated carbocycles. The number of allylic oxidation sites excluding steroid dienone is 1. The maximum atomic E-state index is 11.9. The molecular formula is C15H21N3O. The Hall–Kier alpha value is -1.97. The zero-order valence-electron chi connectivity index (χ0n) is 11.5. The number of hydrogen-bond donors (Lipinski definition) is 2. The summed E-state index contributed by atoms with van der Waals surface area (Å²) in [6.45, 7) is 0. The first kappa shape index (κ1) is 13.5. The van der Waals surface area contributed by atoms with Gasteiger partial charge in [0.25, 0.3) is 5.91 Å². The topological polar surface area (TPSA) is 58.4 Å². The molecule has 19 heavy (non-hydrogen) atoms. The molecule has 4 heteroatoms. The first-order valence-corrected chi connectivity index (χ1v) is 6.60. The van der Waals surface area contributed by atoms with Crippen molar-refractivity contribution in [3.8, 4) is 0 Å². The van der Waals surface area contributed by atoms with Gasteiger partial charge in [-0.2, -0.15) is 0 Å². The number of nitrogens with one attached hydrogen (secondary N) is 1. The molecule has 1 amide bonds. The largest absolute Gasteiger partial charge is 0.397 e. The summed E-state index contributed by atoms with van der Waals surface area (Å²) in [4.78, 5) is 13.5. The van der Waals surface area contributed by atoms with Crippen LogP contribution < -0.4 is 11.1 Å². The van der Waals surface area contributed by atoms with E-state index in [0.717, 1.165) is 24.9 Å². The Bertz CT molecular complexity index is 494. The Morgan fingerprint density at radius 3 is 2.79 bits per heavy atom. The van der Waals surface area contributed by atoms with E-state index < -0.39 is 0 Å². The number of carbonyl (C=O) groups is 1. The summed E-state index contributed by atoms with van der Waals surface area (Å²) in [5.41, 5.74) is 8.18. The first-order chi connectivity index (χ1) is 9.08. The lowest BCUT2D eigenvalue weighted by Gasteiger charge is -2.22. The van der Waals surface area contributed by atoms with Crippen molar-refractivity contribution in [2.75, 3.05) is 25.1 Å². The molecular weight excluding hydrogens is 238 g/mol. The Morgan fingerprint density at radius 2 is 2.16 bits per heavy atom. The average Bonchev–Trinajstić information content (AvgIpc) is 2.41. The highest BCUT2D eigenvalue weighted by Gasteiger charge is 2.14. The van der Waals surface area contributed by atoms with Crippen LogP contribution in [-0.4, -0.2) is 30.9 Å². The lowest BCUT2D eigenvalue weighted by atomic mass is 10.0. The van der Waals surface area contributed by atoms with Crippen molar-refractivity contribution in [3.05, 3.63) is 35.9 Å². The van der Waals surface area contributed by atoms with Crippen LogP contribution in [-0.2, 0) is 0 Å². The molecule has 102 valence electrons.